The fourth-order valence-electron chi connectivity index (χ4n) is 3.35. The summed E-state index contributed by atoms with van der Waals surface area (Å²) in [6.45, 7) is 14.1. The van der Waals surface area contributed by atoms with Crippen LogP contribution < -0.4 is 10.6 Å². The van der Waals surface area contributed by atoms with Crippen molar-refractivity contribution in [2.45, 2.75) is 84.7 Å². The maximum absolute atomic E-state index is 12.7. The van der Waals surface area contributed by atoms with Crippen molar-refractivity contribution in [1.82, 2.24) is 15.1 Å². The fraction of sp³-hybridized carbons (Fsp3) is 0.542. The maximum atomic E-state index is 12.7. The van der Waals surface area contributed by atoms with E-state index in [9.17, 15) is 9.59 Å². The Morgan fingerprint density at radius 3 is 2.30 bits per heavy atom. The second-order valence-electron chi connectivity index (χ2n) is 9.57. The monoisotopic (exact) mass is 412 g/mol. The molecule has 1 aromatic heterocycles. The van der Waals surface area contributed by atoms with Crippen molar-refractivity contribution in [1.29, 1.82) is 0 Å². The van der Waals surface area contributed by atoms with Gasteiger partial charge < -0.3 is 10.6 Å². The number of hydrogen-bond acceptors (Lipinski definition) is 3. The predicted molar refractivity (Wildman–Crippen MR) is 122 cm³/mol. The lowest BCUT2D eigenvalue weighted by atomic mass is 9.83. The maximum Gasteiger partial charge on any atom is 0.247 e. The van der Waals surface area contributed by atoms with Gasteiger partial charge in [-0.05, 0) is 46.1 Å². The highest BCUT2D eigenvalue weighted by Gasteiger charge is 2.29. The van der Waals surface area contributed by atoms with E-state index >= 15 is 0 Å². The van der Waals surface area contributed by atoms with Crippen LogP contribution in [0.1, 0.15) is 72.6 Å². The van der Waals surface area contributed by atoms with Crippen LogP contribution in [-0.2, 0) is 27.0 Å². The van der Waals surface area contributed by atoms with E-state index in [-0.39, 0.29) is 22.8 Å². The largest absolute Gasteiger partial charge is 0.345 e. The number of nitrogens with one attached hydrogen (secondary N) is 2. The number of hydrogen-bond donors (Lipinski definition) is 2. The molecule has 1 heterocycles. The third-order valence-corrected chi connectivity index (χ3v) is 5.03. The molecule has 0 saturated carbocycles. The first-order chi connectivity index (χ1) is 13.9. The highest BCUT2D eigenvalue weighted by atomic mass is 16.2. The van der Waals surface area contributed by atoms with Crippen LogP contribution in [0.3, 0.4) is 0 Å². The first-order valence-electron chi connectivity index (χ1n) is 10.7. The molecular formula is C24H36N4O2. The van der Waals surface area contributed by atoms with Crippen LogP contribution in [-0.4, -0.2) is 27.6 Å². The molecule has 0 fully saturated rings. The molecule has 2 rings (SSSR count). The van der Waals surface area contributed by atoms with Gasteiger partial charge in [0.15, 0.2) is 0 Å². The first kappa shape index (κ1) is 23.6. The van der Waals surface area contributed by atoms with Crippen LogP contribution in [0, 0.1) is 0 Å². The molecular weight excluding hydrogens is 376 g/mol. The van der Waals surface area contributed by atoms with Crippen molar-refractivity contribution in [2.75, 3.05) is 5.32 Å². The number of benzene rings is 1. The molecule has 1 atom stereocenters. The van der Waals surface area contributed by atoms with Crippen molar-refractivity contribution in [3.8, 4) is 0 Å². The zero-order chi connectivity index (χ0) is 22.5. The minimum atomic E-state index is -0.617. The number of aromatic nitrogens is 2. The topological polar surface area (TPSA) is 76.0 Å². The second kappa shape index (κ2) is 9.45. The number of carbonyl (C=O) groups is 2. The molecule has 0 saturated heterocycles. The smallest absolute Gasteiger partial charge is 0.247 e. The van der Waals surface area contributed by atoms with Crippen LogP contribution in [0.25, 0.3) is 0 Å². The first-order valence-corrected chi connectivity index (χ1v) is 10.7. The molecule has 0 radical (unpaired) electrons. The van der Waals surface area contributed by atoms with Crippen LogP contribution in [0.5, 0.6) is 0 Å². The molecule has 0 aliphatic rings. The summed E-state index contributed by atoms with van der Waals surface area (Å²) in [6, 6.07) is 11.7. The molecule has 0 spiro atoms. The van der Waals surface area contributed by atoms with Gasteiger partial charge in [0.2, 0.25) is 11.8 Å². The highest BCUT2D eigenvalue weighted by molar-refractivity contribution is 5.96. The van der Waals surface area contributed by atoms with Crippen molar-refractivity contribution < 1.29 is 9.59 Å². The molecule has 2 amide bonds. The van der Waals surface area contributed by atoms with Gasteiger partial charge in [-0.25, -0.2) is 4.68 Å². The second-order valence-corrected chi connectivity index (χ2v) is 9.57. The van der Waals surface area contributed by atoms with Crippen molar-refractivity contribution >= 4 is 17.6 Å². The SMILES string of the molecule is CCCC(=O)N[C@@H](C)C(=O)Nc1cc(C(C)(C)Cc2ccccc2)nn1C(C)(C)C. The van der Waals surface area contributed by atoms with Crippen LogP contribution in [0.2, 0.25) is 0 Å². The number of nitrogens with zero attached hydrogens (tertiary/aromatic N) is 2. The van der Waals surface area contributed by atoms with Crippen LogP contribution in [0.15, 0.2) is 36.4 Å². The fourth-order valence-corrected chi connectivity index (χ4v) is 3.35. The minimum Gasteiger partial charge on any atom is -0.345 e. The summed E-state index contributed by atoms with van der Waals surface area (Å²) in [6.07, 6.45) is 2.00. The van der Waals surface area contributed by atoms with Gasteiger partial charge in [-0.2, -0.15) is 5.10 Å². The van der Waals surface area contributed by atoms with Gasteiger partial charge in [-0.3, -0.25) is 9.59 Å². The number of amides is 2. The molecule has 30 heavy (non-hydrogen) atoms. The molecule has 0 unspecified atom stereocenters. The van der Waals surface area contributed by atoms with Gasteiger partial charge in [0.25, 0.3) is 0 Å². The molecule has 1 aromatic carbocycles. The number of anilines is 1. The van der Waals surface area contributed by atoms with E-state index in [0.717, 1.165) is 18.5 Å². The molecule has 0 bridgehead atoms. The molecule has 6 nitrogen and oxygen atoms in total. The summed E-state index contributed by atoms with van der Waals surface area (Å²) < 4.78 is 1.85. The van der Waals surface area contributed by atoms with E-state index in [1.807, 2.05) is 35.9 Å². The summed E-state index contributed by atoms with van der Waals surface area (Å²) in [5.74, 6) is 0.270. The van der Waals surface area contributed by atoms with E-state index in [0.29, 0.717) is 12.2 Å². The summed E-state index contributed by atoms with van der Waals surface area (Å²) in [7, 11) is 0. The zero-order valence-electron chi connectivity index (χ0n) is 19.4. The Kier molecular flexibility index (Phi) is 7.45. The van der Waals surface area contributed by atoms with E-state index in [1.54, 1.807) is 6.92 Å². The van der Waals surface area contributed by atoms with Crippen LogP contribution >= 0.6 is 0 Å². The summed E-state index contributed by atoms with van der Waals surface area (Å²) >= 11 is 0. The third kappa shape index (κ3) is 6.18. The zero-order valence-corrected chi connectivity index (χ0v) is 19.4. The van der Waals surface area contributed by atoms with Crippen molar-refractivity contribution in [2.24, 2.45) is 0 Å². The average molecular weight is 413 g/mol. The Hall–Kier alpha value is -2.63. The molecule has 2 aromatic rings. The lowest BCUT2D eigenvalue weighted by Gasteiger charge is -2.24. The van der Waals surface area contributed by atoms with Crippen molar-refractivity contribution in [3.63, 3.8) is 0 Å². The third-order valence-electron chi connectivity index (χ3n) is 5.03. The van der Waals surface area contributed by atoms with E-state index < -0.39 is 6.04 Å². The summed E-state index contributed by atoms with van der Waals surface area (Å²) in [5, 5.41) is 10.6. The molecule has 0 aliphatic carbocycles. The predicted octanol–water partition coefficient (Wildman–Crippen LogP) is 4.40. The average Bonchev–Trinajstić information content (AvgIpc) is 3.07. The van der Waals surface area contributed by atoms with Gasteiger partial charge in [0, 0.05) is 17.9 Å². The summed E-state index contributed by atoms with van der Waals surface area (Å²) in [5.41, 5.74) is 1.64. The number of carbonyl (C=O) groups excluding carboxylic acids is 2. The minimum absolute atomic E-state index is 0.117. The Morgan fingerprint density at radius 1 is 1.10 bits per heavy atom. The molecule has 2 N–H and O–H groups in total. The summed E-state index contributed by atoms with van der Waals surface area (Å²) in [4.78, 5) is 24.6. The van der Waals surface area contributed by atoms with Gasteiger partial charge >= 0.3 is 0 Å². The van der Waals surface area contributed by atoms with Crippen molar-refractivity contribution in [3.05, 3.63) is 47.7 Å². The van der Waals surface area contributed by atoms with E-state index in [4.69, 9.17) is 5.10 Å². The molecule has 6 heteroatoms. The lowest BCUT2D eigenvalue weighted by molar-refractivity contribution is -0.126. The standard InChI is InChI=1S/C24H36N4O2/c1-8-12-21(29)25-17(2)22(30)26-20-15-19(27-28(20)23(3,4)5)24(6,7)16-18-13-10-9-11-14-18/h9-11,13-15,17H,8,12,16H2,1-7H3,(H,25,29)(H,26,30)/t17-/m0/s1. The molecule has 0 aliphatic heterocycles. The Morgan fingerprint density at radius 2 is 1.73 bits per heavy atom. The van der Waals surface area contributed by atoms with Gasteiger partial charge in [0.1, 0.15) is 11.9 Å². The Labute approximate surface area is 180 Å². The van der Waals surface area contributed by atoms with Gasteiger partial charge in [-0.15, -0.1) is 0 Å². The van der Waals surface area contributed by atoms with Gasteiger partial charge in [0.05, 0.1) is 11.2 Å². The molecule has 164 valence electrons. The normalized spacial score (nSPS) is 13.0. The van der Waals surface area contributed by atoms with E-state index in [2.05, 4.69) is 57.4 Å². The van der Waals surface area contributed by atoms with E-state index in [1.165, 1.54) is 5.56 Å². The Balaban J connectivity index is 2.26. The Bertz CT molecular complexity index is 863. The van der Waals surface area contributed by atoms with Gasteiger partial charge in [-0.1, -0.05) is 51.1 Å². The highest BCUT2D eigenvalue weighted by Crippen LogP contribution is 2.31. The lowest BCUT2D eigenvalue weighted by Crippen LogP contribution is -2.42. The number of rotatable bonds is 8. The van der Waals surface area contributed by atoms with Crippen LogP contribution in [0.4, 0.5) is 5.82 Å². The quantitative estimate of drug-likeness (QED) is 0.675.